The van der Waals surface area contributed by atoms with Gasteiger partial charge in [-0.15, -0.1) is 0 Å². The molecule has 0 unspecified atom stereocenters. The predicted molar refractivity (Wildman–Crippen MR) is 92.1 cm³/mol. The molecule has 1 aliphatic rings. The maximum absolute atomic E-state index is 12.9. The van der Waals surface area contributed by atoms with E-state index in [1.807, 2.05) is 12.1 Å². The molecule has 3 aromatic rings. The molecule has 1 aromatic heterocycles. The SMILES string of the molecule is O=C(NO)c1ccc2c(c1)OCCN(C(=O)c1ccc3occc3c1)C2. The molecule has 2 heterocycles. The molecule has 0 aliphatic carbocycles. The molecule has 0 spiro atoms. The first-order valence-corrected chi connectivity index (χ1v) is 8.12. The summed E-state index contributed by atoms with van der Waals surface area (Å²) in [5, 5.41) is 9.63. The number of carbonyl (C=O) groups excluding carboxylic acids is 2. The maximum atomic E-state index is 12.9. The van der Waals surface area contributed by atoms with Gasteiger partial charge in [0.05, 0.1) is 12.8 Å². The largest absolute Gasteiger partial charge is 0.491 e. The number of nitrogens with one attached hydrogen (secondary N) is 1. The van der Waals surface area contributed by atoms with Crippen molar-refractivity contribution in [3.05, 3.63) is 65.4 Å². The molecule has 0 fully saturated rings. The van der Waals surface area contributed by atoms with Crippen LogP contribution in [0.3, 0.4) is 0 Å². The van der Waals surface area contributed by atoms with E-state index in [0.717, 1.165) is 16.5 Å². The summed E-state index contributed by atoms with van der Waals surface area (Å²) in [7, 11) is 0. The van der Waals surface area contributed by atoms with Crippen molar-refractivity contribution < 1.29 is 24.0 Å². The molecule has 0 atom stereocenters. The number of nitrogens with zero attached hydrogens (tertiary/aromatic N) is 1. The van der Waals surface area contributed by atoms with E-state index in [9.17, 15) is 9.59 Å². The fourth-order valence-corrected chi connectivity index (χ4v) is 3.03. The van der Waals surface area contributed by atoms with Gasteiger partial charge in [0.1, 0.15) is 17.9 Å². The van der Waals surface area contributed by atoms with Crippen LogP contribution >= 0.6 is 0 Å². The summed E-state index contributed by atoms with van der Waals surface area (Å²) in [6, 6.07) is 12.0. The van der Waals surface area contributed by atoms with Crippen molar-refractivity contribution in [3.8, 4) is 5.75 Å². The lowest BCUT2D eigenvalue weighted by Gasteiger charge is -2.20. The van der Waals surface area contributed by atoms with Gasteiger partial charge in [-0.1, -0.05) is 6.07 Å². The highest BCUT2D eigenvalue weighted by atomic mass is 16.5. The number of ether oxygens (including phenoxy) is 1. The van der Waals surface area contributed by atoms with Crippen molar-refractivity contribution in [2.24, 2.45) is 0 Å². The zero-order valence-electron chi connectivity index (χ0n) is 13.8. The molecule has 0 bridgehead atoms. The molecule has 2 aromatic carbocycles. The van der Waals surface area contributed by atoms with Crippen LogP contribution in [0, 0.1) is 0 Å². The van der Waals surface area contributed by atoms with Gasteiger partial charge in [0.2, 0.25) is 0 Å². The average molecular weight is 352 g/mol. The number of hydrogen-bond acceptors (Lipinski definition) is 5. The third kappa shape index (κ3) is 2.89. The first kappa shape index (κ1) is 16.2. The van der Waals surface area contributed by atoms with Gasteiger partial charge in [0, 0.05) is 28.6 Å². The summed E-state index contributed by atoms with van der Waals surface area (Å²) in [6.45, 7) is 1.12. The predicted octanol–water partition coefficient (Wildman–Crippen LogP) is 2.59. The molecular formula is C19H16N2O5. The molecule has 0 saturated carbocycles. The molecular weight excluding hydrogens is 336 g/mol. The van der Waals surface area contributed by atoms with Crippen LogP contribution in [0.15, 0.2) is 53.1 Å². The lowest BCUT2D eigenvalue weighted by molar-refractivity contribution is 0.0705. The molecule has 4 rings (SSSR count). The number of rotatable bonds is 2. The second-order valence-electron chi connectivity index (χ2n) is 6.01. The minimum absolute atomic E-state index is 0.0956. The molecule has 26 heavy (non-hydrogen) atoms. The first-order valence-electron chi connectivity index (χ1n) is 8.12. The van der Waals surface area contributed by atoms with Gasteiger partial charge in [-0.05, 0) is 36.4 Å². The lowest BCUT2D eigenvalue weighted by Crippen LogP contribution is -2.32. The molecule has 0 saturated heterocycles. The Balaban J connectivity index is 1.60. The Morgan fingerprint density at radius 3 is 2.77 bits per heavy atom. The van der Waals surface area contributed by atoms with E-state index in [-0.39, 0.29) is 11.5 Å². The summed E-state index contributed by atoms with van der Waals surface area (Å²) in [6.07, 6.45) is 1.59. The van der Waals surface area contributed by atoms with E-state index < -0.39 is 5.91 Å². The Bertz CT molecular complexity index is 995. The van der Waals surface area contributed by atoms with Crippen molar-refractivity contribution >= 4 is 22.8 Å². The van der Waals surface area contributed by atoms with Crippen molar-refractivity contribution in [2.75, 3.05) is 13.2 Å². The Morgan fingerprint density at radius 1 is 1.08 bits per heavy atom. The average Bonchev–Trinajstić information content (AvgIpc) is 3.04. The van der Waals surface area contributed by atoms with Crippen LogP contribution in [0.2, 0.25) is 0 Å². The molecule has 2 amide bonds. The number of furan rings is 1. The van der Waals surface area contributed by atoms with Gasteiger partial charge in [0.25, 0.3) is 11.8 Å². The molecule has 2 N–H and O–H groups in total. The van der Waals surface area contributed by atoms with Crippen molar-refractivity contribution in [3.63, 3.8) is 0 Å². The van der Waals surface area contributed by atoms with E-state index in [1.54, 1.807) is 47.0 Å². The highest BCUT2D eigenvalue weighted by Gasteiger charge is 2.22. The van der Waals surface area contributed by atoms with Crippen molar-refractivity contribution in [1.29, 1.82) is 0 Å². The van der Waals surface area contributed by atoms with Crippen LogP contribution in [-0.2, 0) is 6.54 Å². The second-order valence-corrected chi connectivity index (χ2v) is 6.01. The van der Waals surface area contributed by atoms with Gasteiger partial charge >= 0.3 is 0 Å². The number of hydroxylamine groups is 1. The van der Waals surface area contributed by atoms with Crippen LogP contribution in [0.4, 0.5) is 0 Å². The van der Waals surface area contributed by atoms with Gasteiger partial charge < -0.3 is 14.1 Å². The Labute approximate surface area is 148 Å². The zero-order chi connectivity index (χ0) is 18.1. The van der Waals surface area contributed by atoms with Gasteiger partial charge in [-0.2, -0.15) is 0 Å². The third-order valence-electron chi connectivity index (χ3n) is 4.40. The van der Waals surface area contributed by atoms with Gasteiger partial charge in [0.15, 0.2) is 0 Å². The summed E-state index contributed by atoms with van der Waals surface area (Å²) in [5.74, 6) is -0.171. The smallest absolute Gasteiger partial charge is 0.274 e. The molecule has 7 nitrogen and oxygen atoms in total. The van der Waals surface area contributed by atoms with E-state index in [0.29, 0.717) is 31.0 Å². The topological polar surface area (TPSA) is 92.0 Å². The number of hydrogen-bond donors (Lipinski definition) is 2. The highest BCUT2D eigenvalue weighted by Crippen LogP contribution is 2.26. The Hall–Kier alpha value is -3.32. The fraction of sp³-hybridized carbons (Fsp3) is 0.158. The Kier molecular flexibility index (Phi) is 4.06. The second kappa shape index (κ2) is 6.53. The fourth-order valence-electron chi connectivity index (χ4n) is 3.03. The van der Waals surface area contributed by atoms with Crippen LogP contribution < -0.4 is 10.2 Å². The number of benzene rings is 2. The molecule has 132 valence electrons. The first-order chi connectivity index (χ1) is 12.7. The van der Waals surface area contributed by atoms with Crippen molar-refractivity contribution in [2.45, 2.75) is 6.54 Å². The highest BCUT2D eigenvalue weighted by molar-refractivity contribution is 5.98. The molecule has 1 aliphatic heterocycles. The normalized spacial score (nSPS) is 13.7. The van der Waals surface area contributed by atoms with E-state index in [1.165, 1.54) is 0 Å². The van der Waals surface area contributed by atoms with E-state index >= 15 is 0 Å². The summed E-state index contributed by atoms with van der Waals surface area (Å²) in [5.41, 5.74) is 4.01. The standard InChI is InChI=1S/C19H16N2O5/c22-18(20-24)13-1-2-15-11-21(6-8-26-17(15)10-13)19(23)14-3-4-16-12(9-14)5-7-25-16/h1-5,7,9-10,24H,6,8,11H2,(H,20,22). The monoisotopic (exact) mass is 352 g/mol. The maximum Gasteiger partial charge on any atom is 0.274 e. The zero-order valence-corrected chi connectivity index (χ0v) is 13.8. The summed E-state index contributed by atoms with van der Waals surface area (Å²) in [4.78, 5) is 26.1. The summed E-state index contributed by atoms with van der Waals surface area (Å²) >= 11 is 0. The van der Waals surface area contributed by atoms with E-state index in [4.69, 9.17) is 14.4 Å². The van der Waals surface area contributed by atoms with Crippen molar-refractivity contribution in [1.82, 2.24) is 10.4 Å². The molecule has 7 heteroatoms. The third-order valence-corrected chi connectivity index (χ3v) is 4.40. The number of amides is 2. The Morgan fingerprint density at radius 2 is 1.92 bits per heavy atom. The minimum Gasteiger partial charge on any atom is -0.491 e. The molecule has 0 radical (unpaired) electrons. The van der Waals surface area contributed by atoms with Crippen LogP contribution in [0.25, 0.3) is 11.0 Å². The van der Waals surface area contributed by atoms with Crippen LogP contribution in [0.1, 0.15) is 26.3 Å². The lowest BCUT2D eigenvalue weighted by atomic mass is 10.1. The number of carbonyl (C=O) groups is 2. The number of fused-ring (bicyclic) bond motifs is 2. The van der Waals surface area contributed by atoms with Crippen LogP contribution in [0.5, 0.6) is 5.75 Å². The van der Waals surface area contributed by atoms with Gasteiger partial charge in [-0.3, -0.25) is 14.8 Å². The van der Waals surface area contributed by atoms with E-state index in [2.05, 4.69) is 0 Å². The van der Waals surface area contributed by atoms with Gasteiger partial charge in [-0.25, -0.2) is 5.48 Å². The quantitative estimate of drug-likeness (QED) is 0.546. The summed E-state index contributed by atoms with van der Waals surface area (Å²) < 4.78 is 11.0. The van der Waals surface area contributed by atoms with Crippen LogP contribution in [-0.4, -0.2) is 35.1 Å². The minimum atomic E-state index is -0.609.